The van der Waals surface area contributed by atoms with Gasteiger partial charge in [-0.3, -0.25) is 0 Å². The van der Waals surface area contributed by atoms with Crippen LogP contribution in [0.4, 0.5) is 0 Å². The number of aromatic hydroxyl groups is 2. The summed E-state index contributed by atoms with van der Waals surface area (Å²) >= 11 is 0. The minimum absolute atomic E-state index is 0.0223. The molecule has 0 heterocycles. The number of hydrogen-bond acceptors (Lipinski definition) is 4. The van der Waals surface area contributed by atoms with Gasteiger partial charge in [-0.1, -0.05) is 24.3 Å². The highest BCUT2D eigenvalue weighted by atomic mass is 16.5. The number of ether oxygens (including phenoxy) is 1. The first-order valence-corrected chi connectivity index (χ1v) is 6.91. The summed E-state index contributed by atoms with van der Waals surface area (Å²) in [6.07, 6.45) is 0. The van der Waals surface area contributed by atoms with Crippen molar-refractivity contribution in [2.45, 2.75) is 26.1 Å². The molecule has 4 heteroatoms. The topological polar surface area (TPSA) is 61.7 Å². The number of hydrogen-bond donors (Lipinski definition) is 3. The highest BCUT2D eigenvalue weighted by Crippen LogP contribution is 2.24. The standard InChI is InChI=1S/C17H21NO3/c1-12(15-7-16(19)9-17(20)8-15)18-10-13-4-3-5-14(6-13)11-21-2/h3-9,12,18-20H,10-11H2,1-2H3. The van der Waals surface area contributed by atoms with Crippen LogP contribution in [0.3, 0.4) is 0 Å². The third kappa shape index (κ3) is 4.48. The second kappa shape index (κ2) is 7.11. The summed E-state index contributed by atoms with van der Waals surface area (Å²) in [7, 11) is 1.68. The monoisotopic (exact) mass is 287 g/mol. The fourth-order valence-corrected chi connectivity index (χ4v) is 2.25. The van der Waals surface area contributed by atoms with Crippen molar-refractivity contribution in [2.75, 3.05) is 7.11 Å². The normalized spacial score (nSPS) is 12.3. The Morgan fingerprint density at radius 1 is 1.05 bits per heavy atom. The van der Waals surface area contributed by atoms with Crippen LogP contribution in [0.15, 0.2) is 42.5 Å². The predicted molar refractivity (Wildman–Crippen MR) is 82.2 cm³/mol. The Balaban J connectivity index is 2.00. The Hall–Kier alpha value is -2.04. The minimum atomic E-state index is 0.0223. The SMILES string of the molecule is COCc1cccc(CNC(C)c2cc(O)cc(O)c2)c1. The van der Waals surface area contributed by atoms with Crippen LogP contribution >= 0.6 is 0 Å². The zero-order chi connectivity index (χ0) is 15.2. The molecule has 0 aromatic heterocycles. The molecule has 0 aliphatic carbocycles. The summed E-state index contributed by atoms with van der Waals surface area (Å²) in [6, 6.07) is 12.8. The van der Waals surface area contributed by atoms with Crippen LogP contribution in [0.2, 0.25) is 0 Å². The third-order valence-electron chi connectivity index (χ3n) is 3.34. The highest BCUT2D eigenvalue weighted by Gasteiger charge is 2.08. The smallest absolute Gasteiger partial charge is 0.119 e. The van der Waals surface area contributed by atoms with Crippen LogP contribution in [0.5, 0.6) is 11.5 Å². The van der Waals surface area contributed by atoms with Crippen LogP contribution in [0, 0.1) is 0 Å². The molecule has 3 N–H and O–H groups in total. The summed E-state index contributed by atoms with van der Waals surface area (Å²) in [5, 5.41) is 22.4. The molecule has 0 aliphatic rings. The zero-order valence-corrected chi connectivity index (χ0v) is 12.3. The molecule has 0 saturated heterocycles. The van der Waals surface area contributed by atoms with Gasteiger partial charge in [0.25, 0.3) is 0 Å². The largest absolute Gasteiger partial charge is 0.508 e. The van der Waals surface area contributed by atoms with Gasteiger partial charge < -0.3 is 20.3 Å². The Bertz CT molecular complexity index is 578. The molecule has 0 aliphatic heterocycles. The number of rotatable bonds is 6. The van der Waals surface area contributed by atoms with E-state index in [4.69, 9.17) is 4.74 Å². The van der Waals surface area contributed by atoms with Crippen LogP contribution in [-0.2, 0) is 17.9 Å². The van der Waals surface area contributed by atoms with Crippen molar-refractivity contribution >= 4 is 0 Å². The molecule has 4 nitrogen and oxygen atoms in total. The van der Waals surface area contributed by atoms with Crippen LogP contribution in [-0.4, -0.2) is 17.3 Å². The highest BCUT2D eigenvalue weighted by molar-refractivity contribution is 5.38. The molecule has 0 saturated carbocycles. The molecule has 21 heavy (non-hydrogen) atoms. The van der Waals surface area contributed by atoms with Gasteiger partial charge in [-0.2, -0.15) is 0 Å². The lowest BCUT2D eigenvalue weighted by Gasteiger charge is -2.15. The lowest BCUT2D eigenvalue weighted by molar-refractivity contribution is 0.185. The molecule has 0 amide bonds. The summed E-state index contributed by atoms with van der Waals surface area (Å²) in [4.78, 5) is 0. The zero-order valence-electron chi connectivity index (χ0n) is 12.3. The van der Waals surface area contributed by atoms with E-state index in [2.05, 4.69) is 17.4 Å². The van der Waals surface area contributed by atoms with E-state index in [0.717, 1.165) is 11.1 Å². The number of benzene rings is 2. The summed E-state index contributed by atoms with van der Waals surface area (Å²) in [5.41, 5.74) is 3.15. The lowest BCUT2D eigenvalue weighted by Crippen LogP contribution is -2.18. The maximum atomic E-state index is 9.52. The average Bonchev–Trinajstić information content (AvgIpc) is 2.44. The predicted octanol–water partition coefficient (Wildman–Crippen LogP) is 3.10. The van der Waals surface area contributed by atoms with Gasteiger partial charge in [0.05, 0.1) is 6.61 Å². The molecule has 0 fully saturated rings. The first kappa shape index (κ1) is 15.4. The van der Waals surface area contributed by atoms with Gasteiger partial charge in [0.2, 0.25) is 0 Å². The van der Waals surface area contributed by atoms with Crippen molar-refractivity contribution in [1.82, 2.24) is 5.32 Å². The molecular weight excluding hydrogens is 266 g/mol. The minimum Gasteiger partial charge on any atom is -0.508 e. The maximum Gasteiger partial charge on any atom is 0.119 e. The van der Waals surface area contributed by atoms with E-state index in [9.17, 15) is 10.2 Å². The number of phenolic OH excluding ortho intramolecular Hbond substituents is 2. The first-order valence-electron chi connectivity index (χ1n) is 6.91. The molecule has 1 atom stereocenters. The van der Waals surface area contributed by atoms with E-state index >= 15 is 0 Å². The number of methoxy groups -OCH3 is 1. The second-order valence-corrected chi connectivity index (χ2v) is 5.14. The van der Waals surface area contributed by atoms with Crippen LogP contribution < -0.4 is 5.32 Å². The molecule has 0 radical (unpaired) electrons. The fraction of sp³-hybridized carbons (Fsp3) is 0.294. The molecule has 0 spiro atoms. The van der Waals surface area contributed by atoms with Crippen molar-refractivity contribution < 1.29 is 14.9 Å². The van der Waals surface area contributed by atoms with Crippen molar-refractivity contribution in [3.63, 3.8) is 0 Å². The second-order valence-electron chi connectivity index (χ2n) is 5.14. The van der Waals surface area contributed by atoms with Gasteiger partial charge in [0, 0.05) is 25.8 Å². The Labute approximate surface area is 125 Å². The molecular formula is C17H21NO3. The van der Waals surface area contributed by atoms with Crippen LogP contribution in [0.25, 0.3) is 0 Å². The van der Waals surface area contributed by atoms with Crippen molar-refractivity contribution in [3.05, 3.63) is 59.2 Å². The summed E-state index contributed by atoms with van der Waals surface area (Å²) in [5.74, 6) is 0.140. The van der Waals surface area contributed by atoms with E-state index in [1.54, 1.807) is 19.2 Å². The number of nitrogens with one attached hydrogen (secondary N) is 1. The molecule has 2 aromatic carbocycles. The van der Waals surface area contributed by atoms with Crippen molar-refractivity contribution in [2.24, 2.45) is 0 Å². The lowest BCUT2D eigenvalue weighted by atomic mass is 10.1. The van der Waals surface area contributed by atoms with Crippen molar-refractivity contribution in [1.29, 1.82) is 0 Å². The van der Waals surface area contributed by atoms with Gasteiger partial charge in [0.1, 0.15) is 11.5 Å². The fourth-order valence-electron chi connectivity index (χ4n) is 2.25. The quantitative estimate of drug-likeness (QED) is 0.764. The third-order valence-corrected chi connectivity index (χ3v) is 3.34. The van der Waals surface area contributed by atoms with Crippen molar-refractivity contribution in [3.8, 4) is 11.5 Å². The van der Waals surface area contributed by atoms with Gasteiger partial charge >= 0.3 is 0 Å². The molecule has 0 bridgehead atoms. The van der Waals surface area contributed by atoms with Crippen LogP contribution in [0.1, 0.15) is 29.7 Å². The van der Waals surface area contributed by atoms with Gasteiger partial charge in [0.15, 0.2) is 0 Å². The first-order chi connectivity index (χ1) is 10.1. The average molecular weight is 287 g/mol. The summed E-state index contributed by atoms with van der Waals surface area (Å²) in [6.45, 7) is 3.30. The Morgan fingerprint density at radius 3 is 2.38 bits per heavy atom. The van der Waals surface area contributed by atoms with Gasteiger partial charge in [-0.25, -0.2) is 0 Å². The Kier molecular flexibility index (Phi) is 5.20. The van der Waals surface area contributed by atoms with E-state index in [1.165, 1.54) is 11.6 Å². The van der Waals surface area contributed by atoms with E-state index < -0.39 is 0 Å². The molecule has 2 rings (SSSR count). The number of phenols is 2. The van der Waals surface area contributed by atoms with E-state index in [-0.39, 0.29) is 17.5 Å². The molecule has 112 valence electrons. The summed E-state index contributed by atoms with van der Waals surface area (Å²) < 4.78 is 5.13. The van der Waals surface area contributed by atoms with Gasteiger partial charge in [-0.15, -0.1) is 0 Å². The molecule has 1 unspecified atom stereocenters. The van der Waals surface area contributed by atoms with E-state index in [1.807, 2.05) is 19.1 Å². The van der Waals surface area contributed by atoms with Gasteiger partial charge in [-0.05, 0) is 35.7 Å². The Morgan fingerprint density at radius 2 is 1.71 bits per heavy atom. The van der Waals surface area contributed by atoms with E-state index in [0.29, 0.717) is 13.2 Å². The maximum absolute atomic E-state index is 9.52. The molecule has 2 aromatic rings.